The number of hydrogen-bond donors (Lipinski definition) is 6. The van der Waals surface area contributed by atoms with Gasteiger partial charge in [-0.15, -0.1) is 0 Å². The van der Waals surface area contributed by atoms with E-state index in [2.05, 4.69) is 28.2 Å². The van der Waals surface area contributed by atoms with E-state index in [1.165, 1.54) is 18.3 Å². The van der Waals surface area contributed by atoms with Crippen LogP contribution in [-0.4, -0.2) is 78.4 Å². The number of aromatic nitrogens is 1. The van der Waals surface area contributed by atoms with Gasteiger partial charge in [0.05, 0.1) is 55.2 Å². The Bertz CT molecular complexity index is 1350. The Morgan fingerprint density at radius 2 is 1.59 bits per heavy atom. The predicted octanol–water partition coefficient (Wildman–Crippen LogP) is 3.08. The van der Waals surface area contributed by atoms with Crippen LogP contribution in [0.5, 0.6) is 0 Å². The van der Waals surface area contributed by atoms with Gasteiger partial charge >= 0.3 is 6.18 Å². The highest BCUT2D eigenvalue weighted by molar-refractivity contribution is 7.80. The van der Waals surface area contributed by atoms with Crippen LogP contribution in [0.3, 0.4) is 0 Å². The Morgan fingerprint density at radius 1 is 0.932 bits per heavy atom. The van der Waals surface area contributed by atoms with Crippen LogP contribution in [0.1, 0.15) is 30.4 Å². The maximum atomic E-state index is 13.4. The first-order valence-electron chi connectivity index (χ1n) is 14.7. The summed E-state index contributed by atoms with van der Waals surface area (Å²) in [6.45, 7) is 4.14. The summed E-state index contributed by atoms with van der Waals surface area (Å²) >= 11 is 4.34. The zero-order valence-electron chi connectivity index (χ0n) is 24.7. The molecule has 8 N–H and O–H groups in total. The molecular formula is C31H43F3N7O2S+. The van der Waals surface area contributed by atoms with Gasteiger partial charge in [-0.1, -0.05) is 30.3 Å². The molecule has 2 amide bonds. The second-order valence-corrected chi connectivity index (χ2v) is 11.5. The molecule has 3 rings (SSSR count). The van der Waals surface area contributed by atoms with E-state index in [-0.39, 0.29) is 6.42 Å². The van der Waals surface area contributed by atoms with Gasteiger partial charge in [-0.05, 0) is 48.4 Å². The maximum absolute atomic E-state index is 13.4. The first-order chi connectivity index (χ1) is 21.0. The number of amides is 2. The van der Waals surface area contributed by atoms with E-state index in [1.807, 2.05) is 24.3 Å². The molecule has 1 aromatic heterocycles. The van der Waals surface area contributed by atoms with Crippen molar-refractivity contribution in [3.05, 3.63) is 71.9 Å². The number of nitrogens with two attached hydrogens (primary N) is 3. The molecule has 0 saturated carbocycles. The third-order valence-corrected chi connectivity index (χ3v) is 8.01. The minimum Gasteiger partial charge on any atom is -0.343 e. The number of nitrogens with zero attached hydrogens (tertiary/aromatic N) is 2. The highest BCUT2D eigenvalue weighted by atomic mass is 32.1. The molecule has 9 nitrogen and oxygen atoms in total. The monoisotopic (exact) mass is 634 g/mol. The number of para-hydroxylation sites is 1. The molecular weight excluding hydrogens is 591 g/mol. The number of benzene rings is 2. The topological polar surface area (TPSA) is 149 Å². The summed E-state index contributed by atoms with van der Waals surface area (Å²) in [5, 5.41) is 6.31. The number of thiol groups is 1. The molecule has 0 spiro atoms. The Kier molecular flexibility index (Phi) is 13.4. The summed E-state index contributed by atoms with van der Waals surface area (Å²) in [5.74, 6) is -0.329. The van der Waals surface area contributed by atoms with Crippen LogP contribution in [0, 0.1) is 0 Å². The number of alkyl halides is 3. The number of nitrogens with one attached hydrogen (secondary N) is 2. The highest BCUT2D eigenvalue weighted by Crippen LogP contribution is 2.29. The van der Waals surface area contributed by atoms with Gasteiger partial charge < -0.3 is 32.3 Å². The Labute approximate surface area is 261 Å². The Balaban J connectivity index is 1.72. The zero-order valence-corrected chi connectivity index (χ0v) is 25.6. The fourth-order valence-corrected chi connectivity index (χ4v) is 5.47. The van der Waals surface area contributed by atoms with Crippen LogP contribution >= 0.6 is 12.6 Å². The van der Waals surface area contributed by atoms with Crippen molar-refractivity contribution in [1.82, 2.24) is 10.3 Å². The number of fused-ring (bicyclic) bond motifs is 1. The summed E-state index contributed by atoms with van der Waals surface area (Å²) in [6, 6.07) is 11.6. The zero-order chi connectivity index (χ0) is 32.2. The Hall–Kier alpha value is -3.23. The summed E-state index contributed by atoms with van der Waals surface area (Å²) < 4.78 is 40.0. The van der Waals surface area contributed by atoms with Crippen molar-refractivity contribution in [3.8, 4) is 0 Å². The molecule has 0 aliphatic rings. The van der Waals surface area contributed by atoms with Crippen molar-refractivity contribution in [2.24, 2.45) is 17.2 Å². The standard InChI is InChI=1S/C31H42F3N7O2S/c32-31(33,34)24-10-8-22(9-11-24)19-28(30(43)39-25-20-23-5-1-2-7-27(23)38-21-25)40-29(42)26(37)6-3-14-41(16-12-35,17-13-36)15-4-18-44/h1-2,5,7-11,20-21,26,28H,3-4,6,12-19,35-37H2,(H2-,39,40,42,43,44)/p+1/t26-,28+/m0/s1. The number of hydrogen-bond acceptors (Lipinski definition) is 7. The van der Waals surface area contributed by atoms with E-state index in [9.17, 15) is 22.8 Å². The molecule has 0 unspecified atom stereocenters. The quantitative estimate of drug-likeness (QED) is 0.0993. The minimum atomic E-state index is -4.49. The summed E-state index contributed by atoms with van der Waals surface area (Å²) in [6.07, 6.45) is -1.12. The molecule has 0 saturated heterocycles. The Morgan fingerprint density at radius 3 is 2.23 bits per heavy atom. The van der Waals surface area contributed by atoms with Gasteiger partial charge in [0.15, 0.2) is 0 Å². The number of pyridine rings is 1. The predicted molar refractivity (Wildman–Crippen MR) is 171 cm³/mol. The maximum Gasteiger partial charge on any atom is 0.416 e. The molecule has 3 aromatic rings. The van der Waals surface area contributed by atoms with Gasteiger partial charge in [0.1, 0.15) is 6.04 Å². The molecule has 0 aliphatic heterocycles. The molecule has 0 fully saturated rings. The third kappa shape index (κ3) is 10.4. The smallest absolute Gasteiger partial charge is 0.343 e. The average Bonchev–Trinajstić information content (AvgIpc) is 2.99. The van der Waals surface area contributed by atoms with Crippen molar-refractivity contribution in [2.75, 3.05) is 50.3 Å². The number of carbonyl (C=O) groups excluding carboxylic acids is 2. The lowest BCUT2D eigenvalue weighted by molar-refractivity contribution is -0.925. The van der Waals surface area contributed by atoms with Crippen molar-refractivity contribution in [3.63, 3.8) is 0 Å². The van der Waals surface area contributed by atoms with Gasteiger partial charge in [0.2, 0.25) is 11.8 Å². The molecule has 0 aliphatic carbocycles. The normalized spacial score (nSPS) is 13.4. The van der Waals surface area contributed by atoms with E-state index in [4.69, 9.17) is 17.2 Å². The largest absolute Gasteiger partial charge is 0.416 e. The van der Waals surface area contributed by atoms with Crippen molar-refractivity contribution in [1.29, 1.82) is 0 Å². The second kappa shape index (κ2) is 16.7. The molecule has 44 heavy (non-hydrogen) atoms. The lowest BCUT2D eigenvalue weighted by Crippen LogP contribution is -2.55. The van der Waals surface area contributed by atoms with Gasteiger partial charge in [0, 0.05) is 31.3 Å². The van der Waals surface area contributed by atoms with Crippen LogP contribution < -0.4 is 27.8 Å². The summed E-state index contributed by atoms with van der Waals surface area (Å²) in [5.41, 5.74) is 18.9. The van der Waals surface area contributed by atoms with Crippen LogP contribution in [0.4, 0.5) is 18.9 Å². The summed E-state index contributed by atoms with van der Waals surface area (Å²) in [7, 11) is 0. The van der Waals surface area contributed by atoms with Crippen LogP contribution in [0.2, 0.25) is 0 Å². The van der Waals surface area contributed by atoms with Gasteiger partial charge in [-0.25, -0.2) is 0 Å². The third-order valence-electron chi connectivity index (χ3n) is 7.69. The van der Waals surface area contributed by atoms with E-state index in [0.717, 1.165) is 65.9 Å². The van der Waals surface area contributed by atoms with Crippen molar-refractivity contribution < 1.29 is 27.2 Å². The minimum absolute atomic E-state index is 0.0415. The van der Waals surface area contributed by atoms with Crippen LogP contribution in [0.15, 0.2) is 60.8 Å². The SMILES string of the molecule is NCC[N+](CCN)(CCCS)CCC[C@H](N)C(=O)N[C@H](Cc1ccc(C(F)(F)F)cc1)C(=O)Nc1cnc2ccccc2c1. The number of carbonyl (C=O) groups is 2. The van der Waals surface area contributed by atoms with Gasteiger partial charge in [0.25, 0.3) is 0 Å². The molecule has 0 bridgehead atoms. The molecule has 13 heteroatoms. The first-order valence-corrected chi connectivity index (χ1v) is 15.4. The number of rotatable bonds is 17. The van der Waals surface area contributed by atoms with E-state index in [0.29, 0.717) is 37.2 Å². The van der Waals surface area contributed by atoms with Crippen LogP contribution in [0.25, 0.3) is 10.9 Å². The van der Waals surface area contributed by atoms with Crippen molar-refractivity contribution >= 4 is 41.0 Å². The van der Waals surface area contributed by atoms with Crippen LogP contribution in [-0.2, 0) is 22.2 Å². The number of quaternary nitrogens is 1. The second-order valence-electron chi connectivity index (χ2n) is 11.0. The lowest BCUT2D eigenvalue weighted by Gasteiger charge is -2.38. The molecule has 2 aromatic carbocycles. The fraction of sp³-hybridized carbons (Fsp3) is 0.452. The fourth-order valence-electron chi connectivity index (χ4n) is 5.32. The molecule has 1 heterocycles. The molecule has 240 valence electrons. The molecule has 2 atom stereocenters. The van der Waals surface area contributed by atoms with E-state index in [1.54, 1.807) is 6.07 Å². The van der Waals surface area contributed by atoms with E-state index >= 15 is 0 Å². The lowest BCUT2D eigenvalue weighted by atomic mass is 10.0. The number of halogens is 3. The van der Waals surface area contributed by atoms with Gasteiger partial charge in [-0.3, -0.25) is 14.6 Å². The first kappa shape index (κ1) is 35.3. The number of anilines is 1. The summed E-state index contributed by atoms with van der Waals surface area (Å²) in [4.78, 5) is 31.0. The van der Waals surface area contributed by atoms with Gasteiger partial charge in [-0.2, -0.15) is 25.8 Å². The highest BCUT2D eigenvalue weighted by Gasteiger charge is 2.31. The average molecular weight is 635 g/mol. The van der Waals surface area contributed by atoms with Crippen molar-refractivity contribution in [2.45, 2.75) is 43.9 Å². The molecule has 0 radical (unpaired) electrons. The van der Waals surface area contributed by atoms with E-state index < -0.39 is 35.6 Å².